The largest absolute Gasteiger partial charge is 0.308 e. The summed E-state index contributed by atoms with van der Waals surface area (Å²) >= 11 is 6.23. The molecule has 7 heteroatoms. The van der Waals surface area contributed by atoms with Crippen molar-refractivity contribution in [3.05, 3.63) is 24.2 Å². The summed E-state index contributed by atoms with van der Waals surface area (Å²) in [4.78, 5) is 8.93. The number of imidazole rings is 1. The van der Waals surface area contributed by atoms with Crippen molar-refractivity contribution < 1.29 is 8.42 Å². The Kier molecular flexibility index (Phi) is 3.46. The Morgan fingerprint density at radius 1 is 1.40 bits per heavy atom. The van der Waals surface area contributed by atoms with Gasteiger partial charge in [0.05, 0.1) is 16.9 Å². The average Bonchev–Trinajstić information content (AvgIpc) is 2.78. The molecule has 0 amide bonds. The topological polar surface area (TPSA) is 64.8 Å². The second kappa shape index (κ2) is 5.00. The zero-order valence-corrected chi connectivity index (χ0v) is 12.7. The lowest BCUT2D eigenvalue weighted by Crippen LogP contribution is -2.26. The maximum Gasteiger partial charge on any atom is 0.160 e. The Hall–Kier alpha value is -1.14. The Bertz CT molecular complexity index is 725. The molecule has 5 nitrogen and oxygen atoms in total. The minimum Gasteiger partial charge on any atom is -0.308 e. The van der Waals surface area contributed by atoms with Crippen molar-refractivity contribution in [2.24, 2.45) is 0 Å². The average molecular weight is 314 g/mol. The van der Waals surface area contributed by atoms with Gasteiger partial charge in [0.2, 0.25) is 0 Å². The lowest BCUT2D eigenvalue weighted by molar-refractivity contribution is 0.444. The second-order valence-corrected chi connectivity index (χ2v) is 8.14. The molecule has 0 aromatic carbocycles. The van der Waals surface area contributed by atoms with Gasteiger partial charge in [-0.2, -0.15) is 0 Å². The van der Waals surface area contributed by atoms with Gasteiger partial charge in [0.15, 0.2) is 5.65 Å². The number of fused-ring (bicyclic) bond motifs is 1. The number of hydrogen-bond donors (Lipinski definition) is 0. The molecule has 0 spiro atoms. The highest BCUT2D eigenvalue weighted by atomic mass is 35.5. The van der Waals surface area contributed by atoms with Gasteiger partial charge in [0, 0.05) is 12.2 Å². The van der Waals surface area contributed by atoms with Crippen molar-refractivity contribution in [2.75, 3.05) is 11.5 Å². The molecule has 2 aromatic heterocycles. The summed E-state index contributed by atoms with van der Waals surface area (Å²) in [5.74, 6) is 1.21. The molecule has 0 aliphatic carbocycles. The molecule has 3 rings (SSSR count). The molecule has 20 heavy (non-hydrogen) atoms. The van der Waals surface area contributed by atoms with Crippen LogP contribution < -0.4 is 0 Å². The van der Waals surface area contributed by atoms with Crippen LogP contribution in [0, 0.1) is 0 Å². The fourth-order valence-corrected chi connectivity index (χ4v) is 4.34. The molecule has 0 radical (unpaired) electrons. The second-order valence-electron chi connectivity index (χ2n) is 5.19. The molecule has 108 valence electrons. The SMILES string of the molecule is CC(Cl)c1nc2cccnc2n1C1CCS(=O)(=O)CC1. The van der Waals surface area contributed by atoms with Crippen LogP contribution in [0.15, 0.2) is 18.3 Å². The van der Waals surface area contributed by atoms with Crippen LogP contribution in [0.5, 0.6) is 0 Å². The minimum absolute atomic E-state index is 0.106. The number of rotatable bonds is 2. The molecule has 1 unspecified atom stereocenters. The van der Waals surface area contributed by atoms with E-state index < -0.39 is 9.84 Å². The van der Waals surface area contributed by atoms with Crippen molar-refractivity contribution in [1.29, 1.82) is 0 Å². The Morgan fingerprint density at radius 2 is 2.10 bits per heavy atom. The van der Waals surface area contributed by atoms with E-state index in [9.17, 15) is 8.42 Å². The summed E-state index contributed by atoms with van der Waals surface area (Å²) in [6, 6.07) is 3.85. The molecule has 1 aliphatic rings. The first kappa shape index (κ1) is 13.8. The minimum atomic E-state index is -2.88. The first-order valence-electron chi connectivity index (χ1n) is 6.65. The molecule has 0 N–H and O–H groups in total. The Labute approximate surface area is 122 Å². The standard InChI is InChI=1S/C13H16ClN3O2S/c1-9(14)12-16-11-3-2-6-15-13(11)17(12)10-4-7-20(18,19)8-5-10/h2-3,6,9-10H,4-5,7-8H2,1H3. The molecule has 1 saturated heterocycles. The summed E-state index contributed by atoms with van der Waals surface area (Å²) in [7, 11) is -2.88. The van der Waals surface area contributed by atoms with Crippen LogP contribution in [0.25, 0.3) is 11.2 Å². The molecule has 1 aliphatic heterocycles. The molecule has 0 saturated carbocycles. The van der Waals surface area contributed by atoms with Gasteiger partial charge in [0.25, 0.3) is 0 Å². The van der Waals surface area contributed by atoms with Crippen LogP contribution in [0.3, 0.4) is 0 Å². The Balaban J connectivity index is 2.08. The number of halogens is 1. The summed E-state index contributed by atoms with van der Waals surface area (Å²) in [6.45, 7) is 1.87. The number of nitrogens with zero attached hydrogens (tertiary/aromatic N) is 3. The van der Waals surface area contributed by atoms with Crippen LogP contribution in [-0.2, 0) is 9.84 Å². The molecule has 1 atom stereocenters. The van der Waals surface area contributed by atoms with Crippen molar-refractivity contribution >= 4 is 32.6 Å². The van der Waals surface area contributed by atoms with E-state index >= 15 is 0 Å². The van der Waals surface area contributed by atoms with E-state index in [0.717, 1.165) is 17.0 Å². The number of pyridine rings is 1. The highest BCUT2D eigenvalue weighted by Gasteiger charge is 2.29. The third-order valence-electron chi connectivity index (χ3n) is 3.72. The van der Waals surface area contributed by atoms with E-state index in [2.05, 4.69) is 9.97 Å². The van der Waals surface area contributed by atoms with E-state index in [1.807, 2.05) is 23.6 Å². The highest BCUT2D eigenvalue weighted by molar-refractivity contribution is 7.91. The van der Waals surface area contributed by atoms with Gasteiger partial charge in [-0.15, -0.1) is 11.6 Å². The molecule has 1 fully saturated rings. The lowest BCUT2D eigenvalue weighted by atomic mass is 10.1. The van der Waals surface area contributed by atoms with Crippen LogP contribution >= 0.6 is 11.6 Å². The smallest absolute Gasteiger partial charge is 0.160 e. The molecule has 3 heterocycles. The van der Waals surface area contributed by atoms with Crippen molar-refractivity contribution in [1.82, 2.24) is 14.5 Å². The Morgan fingerprint density at radius 3 is 2.75 bits per heavy atom. The first-order chi connectivity index (χ1) is 9.48. The third-order valence-corrected chi connectivity index (χ3v) is 5.63. The first-order valence-corrected chi connectivity index (χ1v) is 8.91. The summed E-state index contributed by atoms with van der Waals surface area (Å²) < 4.78 is 25.2. The van der Waals surface area contributed by atoms with E-state index in [0.29, 0.717) is 12.8 Å². The normalized spacial score (nSPS) is 21.1. The maximum absolute atomic E-state index is 11.6. The van der Waals surface area contributed by atoms with Gasteiger partial charge in [-0.05, 0) is 31.9 Å². The van der Waals surface area contributed by atoms with Crippen molar-refractivity contribution in [3.8, 4) is 0 Å². The number of aromatic nitrogens is 3. The lowest BCUT2D eigenvalue weighted by Gasteiger charge is -2.25. The van der Waals surface area contributed by atoms with Crippen LogP contribution in [0.2, 0.25) is 0 Å². The van der Waals surface area contributed by atoms with Crippen molar-refractivity contribution in [2.45, 2.75) is 31.2 Å². The molecular weight excluding hydrogens is 298 g/mol. The van der Waals surface area contributed by atoms with E-state index in [1.165, 1.54) is 0 Å². The van der Waals surface area contributed by atoms with Gasteiger partial charge in [-0.25, -0.2) is 18.4 Å². The fraction of sp³-hybridized carbons (Fsp3) is 0.538. The van der Waals surface area contributed by atoms with Crippen molar-refractivity contribution in [3.63, 3.8) is 0 Å². The highest BCUT2D eigenvalue weighted by Crippen LogP contribution is 2.32. The van der Waals surface area contributed by atoms with Gasteiger partial charge >= 0.3 is 0 Å². The summed E-state index contributed by atoms with van der Waals surface area (Å²) in [5, 5.41) is -0.234. The molecular formula is C13H16ClN3O2S. The number of hydrogen-bond acceptors (Lipinski definition) is 4. The van der Waals surface area contributed by atoms with Gasteiger partial charge in [-0.1, -0.05) is 0 Å². The quantitative estimate of drug-likeness (QED) is 0.799. The molecule has 0 bridgehead atoms. The van der Waals surface area contributed by atoms with E-state index in [-0.39, 0.29) is 22.9 Å². The fourth-order valence-electron chi connectivity index (χ4n) is 2.72. The van der Waals surface area contributed by atoms with E-state index in [4.69, 9.17) is 11.6 Å². The van der Waals surface area contributed by atoms with Gasteiger partial charge < -0.3 is 4.57 Å². The molecule has 2 aromatic rings. The monoisotopic (exact) mass is 313 g/mol. The maximum atomic E-state index is 11.6. The third kappa shape index (κ3) is 2.42. The predicted octanol–water partition coefficient (Wildman–Crippen LogP) is 2.48. The zero-order valence-electron chi connectivity index (χ0n) is 11.2. The number of sulfone groups is 1. The predicted molar refractivity (Wildman–Crippen MR) is 78.7 cm³/mol. The number of alkyl halides is 1. The van der Waals surface area contributed by atoms with Crippen LogP contribution in [0.1, 0.15) is 37.0 Å². The zero-order chi connectivity index (χ0) is 14.3. The summed E-state index contributed by atoms with van der Waals surface area (Å²) in [5.41, 5.74) is 1.60. The summed E-state index contributed by atoms with van der Waals surface area (Å²) in [6.07, 6.45) is 2.92. The van der Waals surface area contributed by atoms with E-state index in [1.54, 1.807) is 6.20 Å². The van der Waals surface area contributed by atoms with Gasteiger partial charge in [-0.3, -0.25) is 0 Å². The van der Waals surface area contributed by atoms with Crippen LogP contribution in [-0.4, -0.2) is 34.5 Å². The van der Waals surface area contributed by atoms with Gasteiger partial charge in [0.1, 0.15) is 21.2 Å². The van der Waals surface area contributed by atoms with Crippen LogP contribution in [0.4, 0.5) is 0 Å².